The summed E-state index contributed by atoms with van der Waals surface area (Å²) >= 11 is 5.73. The molecule has 0 spiro atoms. The van der Waals surface area contributed by atoms with E-state index in [0.29, 0.717) is 44.1 Å². The molecule has 1 aromatic rings. The van der Waals surface area contributed by atoms with Crippen LogP contribution in [0.2, 0.25) is 0 Å². The van der Waals surface area contributed by atoms with Crippen molar-refractivity contribution in [2.24, 2.45) is 0 Å². The lowest BCUT2D eigenvalue weighted by atomic mass is 10.4. The van der Waals surface area contributed by atoms with E-state index in [9.17, 15) is 8.42 Å². The van der Waals surface area contributed by atoms with Gasteiger partial charge in [-0.1, -0.05) is 0 Å². The molecule has 0 amide bonds. The molecule has 8 heteroatoms. The monoisotopic (exact) mass is 293 g/mol. The van der Waals surface area contributed by atoms with Crippen LogP contribution >= 0.6 is 11.6 Å². The summed E-state index contributed by atoms with van der Waals surface area (Å²) in [6.07, 6.45) is 0.701. The first kappa shape index (κ1) is 13.8. The van der Waals surface area contributed by atoms with Crippen LogP contribution in [0.4, 0.5) is 0 Å². The number of hydrogen-bond acceptors (Lipinski definition) is 4. The van der Waals surface area contributed by atoms with Crippen LogP contribution in [-0.4, -0.2) is 49.2 Å². The fraction of sp³-hybridized carbons (Fsp3) is 0.700. The van der Waals surface area contributed by atoms with Crippen molar-refractivity contribution in [3.63, 3.8) is 0 Å². The summed E-state index contributed by atoms with van der Waals surface area (Å²) in [4.78, 5) is 0.208. The molecular formula is C10H16ClN3O3S. The summed E-state index contributed by atoms with van der Waals surface area (Å²) in [5, 5.41) is 6.60. The van der Waals surface area contributed by atoms with Gasteiger partial charge in [-0.15, -0.1) is 11.6 Å². The number of aryl methyl sites for hydroxylation is 1. The highest BCUT2D eigenvalue weighted by atomic mass is 35.5. The molecule has 18 heavy (non-hydrogen) atoms. The Kier molecular flexibility index (Phi) is 4.26. The van der Waals surface area contributed by atoms with Gasteiger partial charge in [0.2, 0.25) is 10.0 Å². The second-order valence-electron chi connectivity index (χ2n) is 4.13. The average Bonchev–Trinajstić information content (AvgIpc) is 2.56. The molecule has 1 aromatic heterocycles. The molecule has 1 aliphatic heterocycles. The summed E-state index contributed by atoms with van der Waals surface area (Å²) < 4.78 is 31.8. The third-order valence-corrected chi connectivity index (χ3v) is 5.22. The quantitative estimate of drug-likeness (QED) is 0.839. The normalized spacial score (nSPS) is 18.8. The molecule has 0 bridgehead atoms. The van der Waals surface area contributed by atoms with Crippen LogP contribution in [0.15, 0.2) is 4.90 Å². The van der Waals surface area contributed by atoms with Gasteiger partial charge in [-0.25, -0.2) is 8.42 Å². The Morgan fingerprint density at radius 3 is 2.94 bits per heavy atom. The molecule has 0 atom stereocenters. The second kappa shape index (κ2) is 5.56. The van der Waals surface area contributed by atoms with Crippen molar-refractivity contribution >= 4 is 21.6 Å². The van der Waals surface area contributed by atoms with Gasteiger partial charge in [0, 0.05) is 19.7 Å². The minimum absolute atomic E-state index is 0.0727. The van der Waals surface area contributed by atoms with E-state index in [2.05, 4.69) is 10.2 Å². The third-order valence-electron chi connectivity index (χ3n) is 2.87. The van der Waals surface area contributed by atoms with Crippen LogP contribution in [0.3, 0.4) is 0 Å². The second-order valence-corrected chi connectivity index (χ2v) is 6.27. The number of nitrogens with zero attached hydrogens (tertiary/aromatic N) is 2. The Balaban J connectivity index is 2.37. The SMILES string of the molecule is Cc1[nH]nc(CCl)c1S(=O)(=O)N1CCCOCC1. The third kappa shape index (κ3) is 2.54. The van der Waals surface area contributed by atoms with Crippen molar-refractivity contribution in [1.82, 2.24) is 14.5 Å². The van der Waals surface area contributed by atoms with Crippen LogP contribution in [-0.2, 0) is 20.6 Å². The van der Waals surface area contributed by atoms with Gasteiger partial charge < -0.3 is 4.74 Å². The molecule has 0 radical (unpaired) electrons. The molecule has 0 saturated carbocycles. The first-order valence-corrected chi connectivity index (χ1v) is 7.72. The van der Waals surface area contributed by atoms with E-state index in [1.54, 1.807) is 6.92 Å². The fourth-order valence-corrected chi connectivity index (χ4v) is 4.06. The smallest absolute Gasteiger partial charge is 0.246 e. The molecule has 1 aliphatic rings. The molecule has 102 valence electrons. The lowest BCUT2D eigenvalue weighted by molar-refractivity contribution is 0.148. The molecule has 0 aliphatic carbocycles. The van der Waals surface area contributed by atoms with E-state index in [1.807, 2.05) is 0 Å². The maximum atomic E-state index is 12.6. The number of ether oxygens (including phenoxy) is 1. The predicted octanol–water partition coefficient (Wildman–Crippen LogP) is 0.868. The average molecular weight is 294 g/mol. The lowest BCUT2D eigenvalue weighted by Crippen LogP contribution is -2.34. The van der Waals surface area contributed by atoms with E-state index < -0.39 is 10.0 Å². The summed E-state index contributed by atoms with van der Waals surface area (Å²) in [5.41, 5.74) is 0.898. The molecular weight excluding hydrogens is 278 g/mol. The van der Waals surface area contributed by atoms with Crippen LogP contribution in [0, 0.1) is 6.92 Å². The Morgan fingerprint density at radius 1 is 1.44 bits per heavy atom. The summed E-state index contributed by atoms with van der Waals surface area (Å²) in [5.74, 6) is 0.0727. The highest BCUT2D eigenvalue weighted by Gasteiger charge is 2.30. The van der Waals surface area contributed by atoms with Crippen molar-refractivity contribution in [3.8, 4) is 0 Å². The van der Waals surface area contributed by atoms with Crippen molar-refractivity contribution in [3.05, 3.63) is 11.4 Å². The first-order valence-electron chi connectivity index (χ1n) is 5.75. The predicted molar refractivity (Wildman–Crippen MR) is 67.1 cm³/mol. The van der Waals surface area contributed by atoms with Gasteiger partial charge in [0.1, 0.15) is 4.90 Å². The Morgan fingerprint density at radius 2 is 2.22 bits per heavy atom. The molecule has 1 fully saturated rings. The van der Waals surface area contributed by atoms with E-state index in [-0.39, 0.29) is 10.8 Å². The standard InChI is InChI=1S/C10H16ClN3O3S/c1-8-10(9(7-11)13-12-8)18(15,16)14-3-2-5-17-6-4-14/h2-7H2,1H3,(H,12,13). The molecule has 0 unspecified atom stereocenters. The van der Waals surface area contributed by atoms with Crippen LogP contribution in [0.5, 0.6) is 0 Å². The minimum atomic E-state index is -3.54. The highest BCUT2D eigenvalue weighted by Crippen LogP contribution is 2.24. The molecule has 6 nitrogen and oxygen atoms in total. The summed E-state index contributed by atoms with van der Waals surface area (Å²) in [6.45, 7) is 3.54. The van der Waals surface area contributed by atoms with Crippen molar-refractivity contribution in [2.75, 3.05) is 26.3 Å². The van der Waals surface area contributed by atoms with Crippen LogP contribution in [0.25, 0.3) is 0 Å². The highest BCUT2D eigenvalue weighted by molar-refractivity contribution is 7.89. The Labute approximate surface area is 111 Å². The number of sulfonamides is 1. The van der Waals surface area contributed by atoms with E-state index in [4.69, 9.17) is 16.3 Å². The maximum Gasteiger partial charge on any atom is 0.246 e. The van der Waals surface area contributed by atoms with Gasteiger partial charge in [-0.05, 0) is 13.3 Å². The van der Waals surface area contributed by atoms with E-state index in [0.717, 1.165) is 0 Å². The molecule has 2 rings (SSSR count). The van der Waals surface area contributed by atoms with Gasteiger partial charge in [-0.2, -0.15) is 9.40 Å². The first-order chi connectivity index (χ1) is 8.57. The number of aromatic nitrogens is 2. The van der Waals surface area contributed by atoms with Crippen molar-refractivity contribution < 1.29 is 13.2 Å². The number of nitrogens with one attached hydrogen (secondary N) is 1. The lowest BCUT2D eigenvalue weighted by Gasteiger charge is -2.19. The number of alkyl halides is 1. The molecule has 1 saturated heterocycles. The molecule has 1 N–H and O–H groups in total. The van der Waals surface area contributed by atoms with Gasteiger partial charge in [0.15, 0.2) is 0 Å². The zero-order valence-electron chi connectivity index (χ0n) is 10.1. The zero-order valence-corrected chi connectivity index (χ0v) is 11.7. The van der Waals surface area contributed by atoms with Crippen LogP contribution < -0.4 is 0 Å². The van der Waals surface area contributed by atoms with E-state index >= 15 is 0 Å². The van der Waals surface area contributed by atoms with Gasteiger partial charge >= 0.3 is 0 Å². The van der Waals surface area contributed by atoms with Crippen LogP contribution in [0.1, 0.15) is 17.8 Å². The number of aromatic amines is 1. The molecule has 0 aromatic carbocycles. The fourth-order valence-electron chi connectivity index (χ4n) is 1.99. The number of H-pyrrole nitrogens is 1. The van der Waals surface area contributed by atoms with Crippen molar-refractivity contribution in [1.29, 1.82) is 0 Å². The zero-order chi connectivity index (χ0) is 13.2. The Hall–Kier alpha value is -0.630. The van der Waals surface area contributed by atoms with Gasteiger partial charge in [0.25, 0.3) is 0 Å². The number of halogens is 1. The van der Waals surface area contributed by atoms with Gasteiger partial charge in [-0.3, -0.25) is 5.10 Å². The number of rotatable bonds is 3. The Bertz CT molecular complexity index is 506. The maximum absolute atomic E-state index is 12.6. The topological polar surface area (TPSA) is 75.3 Å². The van der Waals surface area contributed by atoms with E-state index in [1.165, 1.54) is 4.31 Å². The van der Waals surface area contributed by atoms with Crippen molar-refractivity contribution in [2.45, 2.75) is 24.1 Å². The molecule has 2 heterocycles. The summed E-state index contributed by atoms with van der Waals surface area (Å²) in [7, 11) is -3.54. The largest absolute Gasteiger partial charge is 0.380 e. The van der Waals surface area contributed by atoms with Gasteiger partial charge in [0.05, 0.1) is 23.9 Å². The summed E-state index contributed by atoms with van der Waals surface area (Å²) in [6, 6.07) is 0. The minimum Gasteiger partial charge on any atom is -0.380 e. The number of hydrogen-bond donors (Lipinski definition) is 1.